The summed E-state index contributed by atoms with van der Waals surface area (Å²) in [6, 6.07) is 38.2. The van der Waals surface area contributed by atoms with Gasteiger partial charge in [0.1, 0.15) is 30.0 Å². The van der Waals surface area contributed by atoms with Crippen molar-refractivity contribution in [2.45, 2.75) is 50.7 Å². The number of hydrogen-bond acceptors (Lipinski definition) is 10. The molecule has 5 N–H and O–H groups in total. The number of hydrogen-bond donors (Lipinski definition) is 5. The Morgan fingerprint density at radius 1 is 0.859 bits per heavy atom. The number of aromatic amines is 1. The lowest BCUT2D eigenvalue weighted by atomic mass is 9.86. The van der Waals surface area contributed by atoms with Crippen molar-refractivity contribution in [2.24, 2.45) is 5.92 Å². The molecule has 64 heavy (non-hydrogen) atoms. The summed E-state index contributed by atoms with van der Waals surface area (Å²) < 4.78 is 17.7. The molecule has 5 aromatic carbocycles. The number of fused-ring (bicyclic) bond motifs is 4. The van der Waals surface area contributed by atoms with Crippen molar-refractivity contribution in [1.82, 2.24) is 25.4 Å². The van der Waals surface area contributed by atoms with Crippen molar-refractivity contribution in [3.8, 4) is 17.2 Å². The molecule has 13 heteroatoms. The minimum atomic E-state index is -0.895. The van der Waals surface area contributed by atoms with Crippen LogP contribution in [-0.2, 0) is 17.9 Å². The number of phenols is 1. The Balaban J connectivity index is 0.885. The third-order valence-corrected chi connectivity index (χ3v) is 12.2. The van der Waals surface area contributed by atoms with Gasteiger partial charge >= 0.3 is 6.09 Å². The monoisotopic (exact) mass is 865 g/mol. The summed E-state index contributed by atoms with van der Waals surface area (Å²) in [5.41, 5.74) is 4.66. The topological polar surface area (TPSA) is 166 Å². The van der Waals surface area contributed by atoms with E-state index in [1.54, 1.807) is 24.1 Å². The summed E-state index contributed by atoms with van der Waals surface area (Å²) in [6.07, 6.45) is 1.31. The third kappa shape index (κ3) is 10.9. The molecule has 3 atom stereocenters. The van der Waals surface area contributed by atoms with Gasteiger partial charge in [-0.15, -0.1) is 0 Å². The number of nitrogens with zero attached hydrogens (tertiary/aromatic N) is 2. The number of phenolic OH excluding ortho intramolecular Hbond substituents is 1. The number of carbonyl (C=O) groups is 2. The summed E-state index contributed by atoms with van der Waals surface area (Å²) in [4.78, 5) is 46.0. The second kappa shape index (κ2) is 20.7. The SMILES string of the molecule is COc1cccc(CN(CCCNC[C@H](O)c2ccc(O)c3[nH]c(=O)ccc23)C(=O)c2ccc(COc3cccc([C@@H](NC(=O)O[C@H]4CN5CCC4CC5)c4ccccc4)c3)cc2)c1. The number of aliphatic hydroxyl groups excluding tert-OH is 1. The van der Waals surface area contributed by atoms with Crippen LogP contribution in [0.2, 0.25) is 0 Å². The van der Waals surface area contributed by atoms with Gasteiger partial charge in [-0.25, -0.2) is 4.79 Å². The van der Waals surface area contributed by atoms with Gasteiger partial charge in [0.25, 0.3) is 5.91 Å². The van der Waals surface area contributed by atoms with Gasteiger partial charge in [0.05, 0.1) is 24.8 Å². The van der Waals surface area contributed by atoms with Crippen LogP contribution in [0.5, 0.6) is 17.2 Å². The van der Waals surface area contributed by atoms with E-state index in [0.717, 1.165) is 54.7 Å². The zero-order chi connectivity index (χ0) is 44.4. The first kappa shape index (κ1) is 44.0. The zero-order valence-corrected chi connectivity index (χ0v) is 36.0. The molecule has 0 unspecified atom stereocenters. The molecule has 2 bridgehead atoms. The number of aliphatic hydroxyl groups is 1. The van der Waals surface area contributed by atoms with Crippen molar-refractivity contribution in [3.63, 3.8) is 0 Å². The molecule has 3 aliphatic heterocycles. The maximum Gasteiger partial charge on any atom is 0.408 e. The van der Waals surface area contributed by atoms with Crippen LogP contribution < -0.4 is 25.7 Å². The first-order chi connectivity index (χ1) is 31.2. The van der Waals surface area contributed by atoms with E-state index in [1.165, 1.54) is 12.1 Å². The molecule has 13 nitrogen and oxygen atoms in total. The second-order valence-electron chi connectivity index (χ2n) is 16.6. The molecule has 3 aliphatic rings. The van der Waals surface area contributed by atoms with Crippen molar-refractivity contribution in [2.75, 3.05) is 46.4 Å². The third-order valence-electron chi connectivity index (χ3n) is 12.2. The van der Waals surface area contributed by atoms with Crippen molar-refractivity contribution in [3.05, 3.63) is 171 Å². The van der Waals surface area contributed by atoms with E-state index in [0.29, 0.717) is 60.0 Å². The van der Waals surface area contributed by atoms with Gasteiger partial charge in [-0.1, -0.05) is 72.8 Å². The Hall–Kier alpha value is -6.67. The van der Waals surface area contributed by atoms with Gasteiger partial charge in [0.15, 0.2) is 0 Å². The average molecular weight is 866 g/mol. The highest BCUT2D eigenvalue weighted by molar-refractivity contribution is 5.94. The summed E-state index contributed by atoms with van der Waals surface area (Å²) in [5, 5.41) is 28.2. The molecule has 3 fully saturated rings. The quantitative estimate of drug-likeness (QED) is 0.0564. The highest BCUT2D eigenvalue weighted by Crippen LogP contribution is 2.32. The van der Waals surface area contributed by atoms with Crippen molar-refractivity contribution < 1.29 is 34.0 Å². The number of methoxy groups -OCH3 is 1. The van der Waals surface area contributed by atoms with Crippen LogP contribution in [0.4, 0.5) is 4.79 Å². The number of benzene rings is 5. The first-order valence-corrected chi connectivity index (χ1v) is 21.9. The molecular formula is C51H55N5O8. The van der Waals surface area contributed by atoms with Gasteiger partial charge in [-0.3, -0.25) is 14.5 Å². The minimum Gasteiger partial charge on any atom is -0.506 e. The number of pyridine rings is 1. The highest BCUT2D eigenvalue weighted by Gasteiger charge is 2.37. The van der Waals surface area contributed by atoms with Crippen molar-refractivity contribution in [1.29, 1.82) is 0 Å². The number of carbonyl (C=O) groups excluding carboxylic acids is 2. The van der Waals surface area contributed by atoms with Crippen LogP contribution in [0.15, 0.2) is 132 Å². The van der Waals surface area contributed by atoms with Crippen LogP contribution in [0.1, 0.15) is 69.6 Å². The number of aromatic hydroxyl groups is 1. The van der Waals surface area contributed by atoms with Crippen LogP contribution in [0.25, 0.3) is 10.9 Å². The number of rotatable bonds is 18. The van der Waals surface area contributed by atoms with E-state index < -0.39 is 18.2 Å². The van der Waals surface area contributed by atoms with E-state index in [1.807, 2.05) is 103 Å². The molecule has 6 aromatic rings. The van der Waals surface area contributed by atoms with E-state index in [9.17, 15) is 24.6 Å². The second-order valence-corrected chi connectivity index (χ2v) is 16.6. The maximum atomic E-state index is 14.1. The fourth-order valence-electron chi connectivity index (χ4n) is 8.75. The summed E-state index contributed by atoms with van der Waals surface area (Å²) in [6.45, 7) is 4.77. The zero-order valence-electron chi connectivity index (χ0n) is 36.0. The lowest BCUT2D eigenvalue weighted by molar-refractivity contribution is -0.0336. The number of amides is 2. The van der Waals surface area contributed by atoms with E-state index in [-0.39, 0.29) is 42.0 Å². The Morgan fingerprint density at radius 3 is 2.39 bits per heavy atom. The predicted octanol–water partition coefficient (Wildman–Crippen LogP) is 7.09. The fraction of sp³-hybridized carbons (Fsp3) is 0.314. The lowest BCUT2D eigenvalue weighted by Crippen LogP contribution is -2.52. The Bertz CT molecular complexity index is 2580. The van der Waals surface area contributed by atoms with Gasteiger partial charge in [-0.2, -0.15) is 0 Å². The smallest absolute Gasteiger partial charge is 0.408 e. The molecule has 2 amide bonds. The molecule has 0 saturated carbocycles. The van der Waals surface area contributed by atoms with Gasteiger partial charge < -0.3 is 44.9 Å². The standard InChI is InChI=1S/C51H55N5O8/c1-62-40-12-5-8-35(28-40)31-56(25-7-24-52-30-45(58)42-18-20-44(57)49-43(42)19-21-47(59)53-49)50(60)38-16-14-34(15-17-38)33-63-41-13-6-11-39(29-41)48(37-9-3-2-4-10-37)54-51(61)64-46-32-55-26-22-36(46)23-27-55/h2-6,8-21,28-29,36,45-46,48,52,57-58H,7,22-27,30-33H2,1H3,(H,53,59)(H,54,61)/t45-,46-,48-/m0/s1. The molecule has 1 aromatic heterocycles. The number of ether oxygens (including phenoxy) is 3. The Labute approximate surface area is 372 Å². The fourth-order valence-corrected chi connectivity index (χ4v) is 8.75. The summed E-state index contributed by atoms with van der Waals surface area (Å²) in [5.74, 6) is 1.56. The van der Waals surface area contributed by atoms with Crippen molar-refractivity contribution >= 4 is 22.9 Å². The minimum absolute atomic E-state index is 0.0659. The number of nitrogens with one attached hydrogen (secondary N) is 3. The normalized spacial score (nSPS) is 17.6. The molecule has 0 aliphatic carbocycles. The molecule has 0 spiro atoms. The average Bonchev–Trinajstić information content (AvgIpc) is 3.33. The number of piperidine rings is 3. The lowest BCUT2D eigenvalue weighted by Gasteiger charge is -2.43. The maximum absolute atomic E-state index is 14.1. The van der Waals surface area contributed by atoms with Crippen LogP contribution in [-0.4, -0.2) is 89.5 Å². The molecule has 0 radical (unpaired) electrons. The van der Waals surface area contributed by atoms with E-state index in [2.05, 4.69) is 20.5 Å². The van der Waals surface area contributed by atoms with E-state index in [4.69, 9.17) is 14.2 Å². The largest absolute Gasteiger partial charge is 0.506 e. The predicted molar refractivity (Wildman–Crippen MR) is 244 cm³/mol. The van der Waals surface area contributed by atoms with Gasteiger partial charge in [-0.05, 0) is 121 Å². The Morgan fingerprint density at radius 2 is 1.62 bits per heavy atom. The number of H-pyrrole nitrogens is 1. The number of aromatic nitrogens is 1. The van der Waals surface area contributed by atoms with Gasteiger partial charge in [0, 0.05) is 43.2 Å². The molecule has 4 heterocycles. The number of alkyl carbamates (subject to hydrolysis) is 1. The highest BCUT2D eigenvalue weighted by atomic mass is 16.6. The van der Waals surface area contributed by atoms with Crippen LogP contribution >= 0.6 is 0 Å². The Kier molecular flexibility index (Phi) is 14.2. The summed E-state index contributed by atoms with van der Waals surface area (Å²) >= 11 is 0. The summed E-state index contributed by atoms with van der Waals surface area (Å²) in [7, 11) is 1.61. The van der Waals surface area contributed by atoms with E-state index >= 15 is 0 Å². The van der Waals surface area contributed by atoms with Crippen LogP contribution in [0, 0.1) is 5.92 Å². The molecule has 3 saturated heterocycles. The molecule has 9 rings (SSSR count). The van der Waals surface area contributed by atoms with Crippen LogP contribution in [0.3, 0.4) is 0 Å². The first-order valence-electron chi connectivity index (χ1n) is 21.9. The molecule has 332 valence electrons. The van der Waals surface area contributed by atoms with Gasteiger partial charge in [0.2, 0.25) is 5.56 Å². The molecular weight excluding hydrogens is 811 g/mol.